The number of hydrogen-bond donors (Lipinski definition) is 0. The van der Waals surface area contributed by atoms with Crippen molar-refractivity contribution in [2.24, 2.45) is 0 Å². The van der Waals surface area contributed by atoms with Crippen molar-refractivity contribution in [2.75, 3.05) is 6.61 Å². The Hall–Kier alpha value is 0.354. The molecule has 12 heavy (non-hydrogen) atoms. The zero-order valence-electron chi connectivity index (χ0n) is 8.43. The minimum absolute atomic E-state index is 0.399. The third-order valence-corrected chi connectivity index (χ3v) is 7.12. The van der Waals surface area contributed by atoms with Crippen molar-refractivity contribution >= 4 is 18.1 Å². The maximum atomic E-state index is 5.92. The average Bonchev–Trinajstić information content (AvgIpc) is 2.02. The van der Waals surface area contributed by atoms with Gasteiger partial charge in [0.1, 0.15) is 0 Å². The molecule has 1 rings (SSSR count). The lowest BCUT2D eigenvalue weighted by atomic mass is 10.2. The fraction of sp³-hybridized carbons (Fsp3) is 1.00. The molecule has 72 valence electrons. The van der Waals surface area contributed by atoms with Crippen LogP contribution in [0.25, 0.3) is 0 Å². The predicted molar refractivity (Wildman–Crippen MR) is 56.6 cm³/mol. The highest BCUT2D eigenvalue weighted by molar-refractivity contribution is 6.74. The van der Waals surface area contributed by atoms with E-state index in [0.717, 1.165) is 6.61 Å². The number of ether oxygens (including phenoxy) is 1. The van der Waals surface area contributed by atoms with Gasteiger partial charge in [0.15, 0.2) is 18.1 Å². The minimum atomic E-state index is -1.26. The first-order chi connectivity index (χ1) is 5.58. The van der Waals surface area contributed by atoms with E-state index < -0.39 is 18.1 Å². The van der Waals surface area contributed by atoms with Crippen molar-refractivity contribution in [3.63, 3.8) is 0 Å². The van der Waals surface area contributed by atoms with Gasteiger partial charge >= 0.3 is 0 Å². The summed E-state index contributed by atoms with van der Waals surface area (Å²) >= 11 is 0. The Bertz CT molecular complexity index is 128. The molecule has 0 aromatic heterocycles. The molecule has 0 bridgehead atoms. The molecule has 1 aliphatic heterocycles. The molecule has 1 heterocycles. The van der Waals surface area contributed by atoms with E-state index in [9.17, 15) is 0 Å². The van der Waals surface area contributed by atoms with E-state index in [-0.39, 0.29) is 0 Å². The summed E-state index contributed by atoms with van der Waals surface area (Å²) in [6.07, 6.45) is 3.83. The van der Waals surface area contributed by atoms with Gasteiger partial charge in [0.05, 0.1) is 5.73 Å². The zero-order valence-corrected chi connectivity index (χ0v) is 10.8. The molecule has 0 aliphatic carbocycles. The van der Waals surface area contributed by atoms with Crippen molar-refractivity contribution < 1.29 is 8.85 Å². The molecule has 1 unspecified atom stereocenters. The zero-order chi connectivity index (χ0) is 9.03. The van der Waals surface area contributed by atoms with Gasteiger partial charge in [-0.15, -0.1) is 0 Å². The highest BCUT2D eigenvalue weighted by Crippen LogP contribution is 2.13. The Morgan fingerprint density at radius 2 is 2.08 bits per heavy atom. The van der Waals surface area contributed by atoms with Crippen LogP contribution in [0.5, 0.6) is 0 Å². The van der Waals surface area contributed by atoms with Crippen LogP contribution < -0.4 is 0 Å². The molecular weight excluding hydrogens is 184 g/mol. The van der Waals surface area contributed by atoms with Crippen LogP contribution in [-0.2, 0) is 8.85 Å². The highest BCUT2D eigenvalue weighted by Gasteiger charge is 2.19. The maximum absolute atomic E-state index is 5.92. The topological polar surface area (TPSA) is 18.5 Å². The smallest absolute Gasteiger partial charge is 0.176 e. The quantitative estimate of drug-likeness (QED) is 0.648. The molecule has 0 saturated carbocycles. The van der Waals surface area contributed by atoms with Crippen molar-refractivity contribution in [3.8, 4) is 0 Å². The first-order valence-corrected chi connectivity index (χ1v) is 9.64. The van der Waals surface area contributed by atoms with Crippen molar-refractivity contribution in [1.82, 2.24) is 0 Å². The van der Waals surface area contributed by atoms with Crippen LogP contribution in [0.15, 0.2) is 0 Å². The van der Waals surface area contributed by atoms with Crippen LogP contribution in [-0.4, -0.2) is 30.4 Å². The fourth-order valence-electron chi connectivity index (χ4n) is 1.28. The summed E-state index contributed by atoms with van der Waals surface area (Å²) in [5.41, 5.74) is 0.519. The van der Waals surface area contributed by atoms with Crippen LogP contribution in [0.4, 0.5) is 0 Å². The third-order valence-electron chi connectivity index (χ3n) is 1.98. The molecular formula is C8H20O2Si2. The Morgan fingerprint density at radius 3 is 2.58 bits per heavy atom. The van der Waals surface area contributed by atoms with Crippen LogP contribution in [0.3, 0.4) is 0 Å². The SMILES string of the molecule is C[Si](C)(C)O[SiH2]C1CCCCO1. The molecule has 0 spiro atoms. The van der Waals surface area contributed by atoms with Crippen LogP contribution >= 0.6 is 0 Å². The van der Waals surface area contributed by atoms with E-state index in [1.165, 1.54) is 19.3 Å². The average molecular weight is 204 g/mol. The Balaban J connectivity index is 2.13. The molecule has 0 aromatic carbocycles. The second-order valence-corrected chi connectivity index (χ2v) is 11.0. The maximum Gasteiger partial charge on any atom is 0.176 e. The molecule has 2 nitrogen and oxygen atoms in total. The first-order valence-electron chi connectivity index (χ1n) is 4.83. The van der Waals surface area contributed by atoms with Gasteiger partial charge < -0.3 is 8.85 Å². The second-order valence-electron chi connectivity index (χ2n) is 4.41. The lowest BCUT2D eigenvalue weighted by Crippen LogP contribution is -2.35. The number of rotatable bonds is 3. The fourth-order valence-corrected chi connectivity index (χ4v) is 4.74. The first kappa shape index (κ1) is 10.4. The van der Waals surface area contributed by atoms with E-state index in [2.05, 4.69) is 19.6 Å². The lowest BCUT2D eigenvalue weighted by Gasteiger charge is -2.26. The van der Waals surface area contributed by atoms with Gasteiger partial charge in [-0.25, -0.2) is 0 Å². The summed E-state index contributed by atoms with van der Waals surface area (Å²) in [6.45, 7) is 7.72. The molecule has 0 amide bonds. The molecule has 1 aliphatic rings. The van der Waals surface area contributed by atoms with E-state index >= 15 is 0 Å². The summed E-state index contributed by atoms with van der Waals surface area (Å²) in [5.74, 6) is 0. The standard InChI is InChI=1S/C8H20O2Si2/c1-12(2,3)10-11-8-6-4-5-7-9-8/h8H,4-7,11H2,1-3H3. The second kappa shape index (κ2) is 4.55. The Labute approximate surface area is 78.7 Å². The Kier molecular flexibility index (Phi) is 3.96. The van der Waals surface area contributed by atoms with E-state index in [4.69, 9.17) is 8.85 Å². The molecule has 0 radical (unpaired) electrons. The van der Waals surface area contributed by atoms with Crippen molar-refractivity contribution in [3.05, 3.63) is 0 Å². The van der Waals surface area contributed by atoms with Gasteiger partial charge in [-0.3, -0.25) is 0 Å². The minimum Gasteiger partial charge on any atom is -0.458 e. The molecule has 1 atom stereocenters. The molecule has 4 heteroatoms. The van der Waals surface area contributed by atoms with Crippen LogP contribution in [0.2, 0.25) is 19.6 Å². The highest BCUT2D eigenvalue weighted by atomic mass is 28.4. The van der Waals surface area contributed by atoms with Crippen LogP contribution in [0.1, 0.15) is 19.3 Å². The van der Waals surface area contributed by atoms with E-state index in [0.29, 0.717) is 5.73 Å². The van der Waals surface area contributed by atoms with Gasteiger partial charge in [0.2, 0.25) is 0 Å². The summed E-state index contributed by atoms with van der Waals surface area (Å²) in [7, 11) is -1.66. The van der Waals surface area contributed by atoms with E-state index in [1.807, 2.05) is 0 Å². The predicted octanol–water partition coefficient (Wildman–Crippen LogP) is 1.45. The van der Waals surface area contributed by atoms with Crippen LogP contribution in [0, 0.1) is 0 Å². The van der Waals surface area contributed by atoms with Crippen molar-refractivity contribution in [1.29, 1.82) is 0 Å². The summed E-state index contributed by atoms with van der Waals surface area (Å²) in [6, 6.07) is 0. The lowest BCUT2D eigenvalue weighted by molar-refractivity contribution is 0.0596. The normalized spacial score (nSPS) is 26.8. The van der Waals surface area contributed by atoms with Crippen molar-refractivity contribution in [2.45, 2.75) is 44.6 Å². The van der Waals surface area contributed by atoms with Gasteiger partial charge in [0.25, 0.3) is 0 Å². The molecule has 1 saturated heterocycles. The number of hydrogen-bond acceptors (Lipinski definition) is 2. The molecule has 0 aromatic rings. The third kappa shape index (κ3) is 4.40. The summed E-state index contributed by atoms with van der Waals surface area (Å²) < 4.78 is 11.6. The van der Waals surface area contributed by atoms with Gasteiger partial charge in [0, 0.05) is 6.61 Å². The molecule has 1 fully saturated rings. The monoisotopic (exact) mass is 204 g/mol. The summed E-state index contributed by atoms with van der Waals surface area (Å²) in [5, 5.41) is 0. The van der Waals surface area contributed by atoms with E-state index in [1.54, 1.807) is 0 Å². The largest absolute Gasteiger partial charge is 0.458 e. The van der Waals surface area contributed by atoms with Gasteiger partial charge in [-0.1, -0.05) is 0 Å². The van der Waals surface area contributed by atoms with Gasteiger partial charge in [-0.05, 0) is 38.9 Å². The Morgan fingerprint density at radius 1 is 1.33 bits per heavy atom. The van der Waals surface area contributed by atoms with Gasteiger partial charge in [-0.2, -0.15) is 0 Å². The molecule has 0 N–H and O–H groups in total. The summed E-state index contributed by atoms with van der Waals surface area (Å²) in [4.78, 5) is 0.